The smallest absolute Gasteiger partial charge is 0.0244 e. The minimum atomic E-state index is 0.950. The third-order valence-electron chi connectivity index (χ3n) is 8.38. The number of hydrogen-bond donors (Lipinski definition) is 0. The largest absolute Gasteiger partial charge is 0.103 e. The van der Waals surface area contributed by atoms with Gasteiger partial charge >= 0.3 is 0 Å². The van der Waals surface area contributed by atoms with Gasteiger partial charge in [0.25, 0.3) is 0 Å². The Morgan fingerprint density at radius 2 is 1.54 bits per heavy atom. The molecule has 28 heavy (non-hydrogen) atoms. The van der Waals surface area contributed by atoms with Gasteiger partial charge in [-0.05, 0) is 123 Å². The summed E-state index contributed by atoms with van der Waals surface area (Å²) in [5, 5.41) is 0. The topological polar surface area (TPSA) is 0 Å². The van der Waals surface area contributed by atoms with Crippen LogP contribution in [0.25, 0.3) is 0 Å². The molecule has 0 N–H and O–H groups in total. The van der Waals surface area contributed by atoms with Gasteiger partial charge in [-0.1, -0.05) is 36.8 Å². The van der Waals surface area contributed by atoms with Gasteiger partial charge in [0, 0.05) is 0 Å². The Morgan fingerprint density at radius 3 is 2.36 bits per heavy atom. The van der Waals surface area contributed by atoms with Gasteiger partial charge in [-0.15, -0.1) is 13.2 Å². The van der Waals surface area contributed by atoms with Gasteiger partial charge in [0.2, 0.25) is 0 Å². The van der Waals surface area contributed by atoms with Crippen molar-refractivity contribution in [2.24, 2.45) is 29.6 Å². The Kier molecular flexibility index (Phi) is 6.76. The van der Waals surface area contributed by atoms with E-state index in [0.29, 0.717) is 0 Å². The molecule has 0 nitrogen and oxygen atoms in total. The third kappa shape index (κ3) is 4.64. The van der Waals surface area contributed by atoms with Gasteiger partial charge in [-0.2, -0.15) is 0 Å². The molecule has 1 aromatic carbocycles. The van der Waals surface area contributed by atoms with Crippen LogP contribution in [-0.4, -0.2) is 0 Å². The second kappa shape index (κ2) is 9.47. The molecule has 3 unspecified atom stereocenters. The molecule has 2 saturated carbocycles. The van der Waals surface area contributed by atoms with E-state index in [1.54, 1.807) is 11.1 Å². The molecule has 0 heterocycles. The predicted octanol–water partition coefficient (Wildman–Crippen LogP) is 7.71. The van der Waals surface area contributed by atoms with Crippen molar-refractivity contribution in [2.45, 2.75) is 83.5 Å². The maximum atomic E-state index is 3.92. The first-order valence-corrected chi connectivity index (χ1v) is 12.1. The van der Waals surface area contributed by atoms with E-state index in [0.717, 1.165) is 42.4 Å². The molecule has 3 aliphatic rings. The van der Waals surface area contributed by atoms with Gasteiger partial charge < -0.3 is 0 Å². The van der Waals surface area contributed by atoms with Crippen LogP contribution in [0.1, 0.15) is 80.9 Å². The molecule has 0 heteroatoms. The maximum absolute atomic E-state index is 3.92. The van der Waals surface area contributed by atoms with E-state index in [1.165, 1.54) is 76.2 Å². The lowest BCUT2D eigenvalue weighted by molar-refractivity contribution is 0.0699. The van der Waals surface area contributed by atoms with Crippen molar-refractivity contribution in [3.63, 3.8) is 0 Å². The highest BCUT2D eigenvalue weighted by Gasteiger charge is 2.38. The third-order valence-corrected chi connectivity index (χ3v) is 8.38. The van der Waals surface area contributed by atoms with Crippen LogP contribution in [0, 0.1) is 29.6 Å². The summed E-state index contributed by atoms with van der Waals surface area (Å²) in [5.41, 5.74) is 4.81. The van der Waals surface area contributed by atoms with E-state index in [4.69, 9.17) is 0 Å². The highest BCUT2D eigenvalue weighted by Crippen LogP contribution is 2.49. The standard InChI is InChI=1S/C28H40/c1-3-5-7-21-9-11-25-19-27(15-13-23(25)17-21)28-16-14-24-18-22(8-6-4-2)10-12-26(24)20-28/h3-4,9,11,17,22,24,26-28H,1-2,5-8,10,12-16,18-20H2/t22-,24?,26-,27?,28?/m1/s1. The summed E-state index contributed by atoms with van der Waals surface area (Å²) in [6.07, 6.45) is 22.2. The van der Waals surface area contributed by atoms with Gasteiger partial charge in [-0.25, -0.2) is 0 Å². The summed E-state index contributed by atoms with van der Waals surface area (Å²) in [4.78, 5) is 0. The molecular formula is C28H40. The average molecular weight is 377 g/mol. The molecule has 3 aliphatic carbocycles. The first-order valence-electron chi connectivity index (χ1n) is 12.1. The lowest BCUT2D eigenvalue weighted by atomic mass is 9.61. The van der Waals surface area contributed by atoms with Crippen LogP contribution in [0.5, 0.6) is 0 Å². The summed E-state index contributed by atoms with van der Waals surface area (Å²) in [7, 11) is 0. The first-order chi connectivity index (χ1) is 13.8. The summed E-state index contributed by atoms with van der Waals surface area (Å²) in [6.45, 7) is 7.79. The molecule has 4 rings (SSSR count). The Balaban J connectivity index is 1.32. The molecule has 0 bridgehead atoms. The number of hydrogen-bond acceptors (Lipinski definition) is 0. The number of rotatable bonds is 7. The normalized spacial score (nSPS) is 32.2. The van der Waals surface area contributed by atoms with Gasteiger partial charge in [-0.3, -0.25) is 0 Å². The fourth-order valence-corrected chi connectivity index (χ4v) is 6.73. The molecule has 0 spiro atoms. The van der Waals surface area contributed by atoms with Crippen molar-refractivity contribution < 1.29 is 0 Å². The van der Waals surface area contributed by atoms with Gasteiger partial charge in [0.05, 0.1) is 0 Å². The molecule has 0 aliphatic heterocycles. The predicted molar refractivity (Wildman–Crippen MR) is 122 cm³/mol. The SMILES string of the molecule is C=CCCc1ccc2c(c1)CCC(C1CCC3C[C@H](CCC=C)CC[C@@H]3C1)C2. The van der Waals surface area contributed by atoms with Crippen molar-refractivity contribution in [3.8, 4) is 0 Å². The number of allylic oxidation sites excluding steroid dienone is 2. The zero-order valence-electron chi connectivity index (χ0n) is 17.9. The molecule has 152 valence electrons. The zero-order valence-corrected chi connectivity index (χ0v) is 17.9. The molecule has 0 amide bonds. The molecule has 0 saturated heterocycles. The molecule has 1 aromatic rings. The summed E-state index contributed by atoms with van der Waals surface area (Å²) >= 11 is 0. The Morgan fingerprint density at radius 1 is 0.786 bits per heavy atom. The van der Waals surface area contributed by atoms with Crippen LogP contribution in [0.2, 0.25) is 0 Å². The number of aryl methyl sites for hydroxylation is 2. The highest BCUT2D eigenvalue weighted by molar-refractivity contribution is 5.34. The van der Waals surface area contributed by atoms with Crippen LogP contribution >= 0.6 is 0 Å². The monoisotopic (exact) mass is 376 g/mol. The molecule has 0 radical (unpaired) electrons. The van der Waals surface area contributed by atoms with Crippen molar-refractivity contribution in [1.82, 2.24) is 0 Å². The lowest BCUT2D eigenvalue weighted by Gasteiger charge is -2.45. The minimum Gasteiger partial charge on any atom is -0.103 e. The van der Waals surface area contributed by atoms with Crippen LogP contribution in [0.3, 0.4) is 0 Å². The lowest BCUT2D eigenvalue weighted by Crippen LogP contribution is -2.35. The number of fused-ring (bicyclic) bond motifs is 2. The zero-order chi connectivity index (χ0) is 19.3. The average Bonchev–Trinajstić information content (AvgIpc) is 2.75. The Bertz CT molecular complexity index is 669. The first kappa shape index (κ1) is 20.0. The second-order valence-electron chi connectivity index (χ2n) is 10.1. The Labute approximate surface area is 173 Å². The minimum absolute atomic E-state index is 0.950. The van der Waals surface area contributed by atoms with E-state index in [9.17, 15) is 0 Å². The van der Waals surface area contributed by atoms with E-state index >= 15 is 0 Å². The van der Waals surface area contributed by atoms with E-state index in [1.807, 2.05) is 6.08 Å². The van der Waals surface area contributed by atoms with Crippen LogP contribution < -0.4 is 0 Å². The van der Waals surface area contributed by atoms with Gasteiger partial charge in [0.15, 0.2) is 0 Å². The summed E-state index contributed by atoms with van der Waals surface area (Å²) in [5.74, 6) is 5.03. The van der Waals surface area contributed by atoms with Crippen molar-refractivity contribution in [1.29, 1.82) is 0 Å². The van der Waals surface area contributed by atoms with Crippen molar-refractivity contribution >= 4 is 0 Å². The van der Waals surface area contributed by atoms with E-state index in [-0.39, 0.29) is 0 Å². The maximum Gasteiger partial charge on any atom is -0.0244 e. The van der Waals surface area contributed by atoms with Crippen molar-refractivity contribution in [3.05, 3.63) is 60.2 Å². The second-order valence-corrected chi connectivity index (χ2v) is 10.1. The highest BCUT2D eigenvalue weighted by atomic mass is 14.4. The fraction of sp³-hybridized carbons (Fsp3) is 0.643. The van der Waals surface area contributed by atoms with E-state index < -0.39 is 0 Å². The molecule has 2 fully saturated rings. The molecule has 0 aromatic heterocycles. The fourth-order valence-electron chi connectivity index (χ4n) is 6.73. The number of benzene rings is 1. The quantitative estimate of drug-likeness (QED) is 0.427. The van der Waals surface area contributed by atoms with Gasteiger partial charge in [0.1, 0.15) is 0 Å². The summed E-state index contributed by atoms with van der Waals surface area (Å²) < 4.78 is 0. The molecule has 5 atom stereocenters. The van der Waals surface area contributed by atoms with Crippen LogP contribution in [-0.2, 0) is 19.3 Å². The van der Waals surface area contributed by atoms with E-state index in [2.05, 4.69) is 37.4 Å². The van der Waals surface area contributed by atoms with Crippen LogP contribution in [0.4, 0.5) is 0 Å². The Hall–Kier alpha value is -1.30. The summed E-state index contributed by atoms with van der Waals surface area (Å²) in [6, 6.07) is 7.33. The van der Waals surface area contributed by atoms with Crippen LogP contribution in [0.15, 0.2) is 43.5 Å². The molecular weight excluding hydrogens is 336 g/mol. The van der Waals surface area contributed by atoms with Crippen molar-refractivity contribution in [2.75, 3.05) is 0 Å².